The van der Waals surface area contributed by atoms with Gasteiger partial charge in [-0.1, -0.05) is 23.7 Å². The van der Waals surface area contributed by atoms with Crippen molar-refractivity contribution in [1.29, 1.82) is 0 Å². The molecule has 0 spiro atoms. The number of halogens is 5. The molecule has 0 unspecified atom stereocenters. The third-order valence-electron chi connectivity index (χ3n) is 7.29. The predicted molar refractivity (Wildman–Crippen MR) is 159 cm³/mol. The van der Waals surface area contributed by atoms with Crippen molar-refractivity contribution in [2.45, 2.75) is 57.6 Å². The number of carbonyl (C=O) groups excluding carboxylic acids is 3. The van der Waals surface area contributed by atoms with Gasteiger partial charge in [-0.05, 0) is 74.0 Å². The van der Waals surface area contributed by atoms with Crippen LogP contribution in [-0.2, 0) is 22.3 Å². The number of benzene rings is 2. The van der Waals surface area contributed by atoms with Crippen LogP contribution in [0.5, 0.6) is 0 Å². The lowest BCUT2D eigenvalue weighted by Crippen LogP contribution is -2.51. The zero-order chi connectivity index (χ0) is 32.0. The maximum absolute atomic E-state index is 15.7. The average Bonchev–Trinajstić information content (AvgIpc) is 3.43. The van der Waals surface area contributed by atoms with Crippen LogP contribution in [0, 0.1) is 0 Å². The van der Waals surface area contributed by atoms with Gasteiger partial charge < -0.3 is 9.64 Å². The van der Waals surface area contributed by atoms with Crippen molar-refractivity contribution in [3.05, 3.63) is 69.2 Å². The summed E-state index contributed by atoms with van der Waals surface area (Å²) in [6.07, 6.45) is -2.20. The van der Waals surface area contributed by atoms with Crippen LogP contribution in [0.15, 0.2) is 47.5 Å². The van der Waals surface area contributed by atoms with Crippen molar-refractivity contribution in [3.8, 4) is 0 Å². The van der Waals surface area contributed by atoms with Crippen molar-refractivity contribution in [2.75, 3.05) is 19.6 Å². The van der Waals surface area contributed by atoms with E-state index in [2.05, 4.69) is 5.10 Å². The fourth-order valence-corrected chi connectivity index (χ4v) is 6.09. The number of thioether (sulfide) groups is 1. The molecule has 8 nitrogen and oxygen atoms in total. The third kappa shape index (κ3) is 7.04. The number of rotatable bonds is 5. The number of alkyl halides is 4. The summed E-state index contributed by atoms with van der Waals surface area (Å²) in [6, 6.07) is 8.60. The first-order valence-electron chi connectivity index (χ1n) is 13.7. The van der Waals surface area contributed by atoms with E-state index in [0.717, 1.165) is 11.0 Å². The molecule has 2 aliphatic heterocycles. The fraction of sp³-hybridized carbons (Fsp3) is 0.400. The molecule has 44 heavy (non-hydrogen) atoms. The van der Waals surface area contributed by atoms with Crippen molar-refractivity contribution < 1.29 is 36.7 Å². The van der Waals surface area contributed by atoms with Crippen LogP contribution in [-0.4, -0.2) is 67.7 Å². The Morgan fingerprint density at radius 2 is 1.82 bits per heavy atom. The molecule has 2 aliphatic rings. The van der Waals surface area contributed by atoms with Crippen molar-refractivity contribution >= 4 is 57.6 Å². The molecule has 1 aromatic heterocycles. The fourth-order valence-electron chi connectivity index (χ4n) is 5.08. The molecule has 234 valence electrons. The maximum atomic E-state index is 15.7. The number of imide groups is 1. The second-order valence-corrected chi connectivity index (χ2v) is 13.2. The van der Waals surface area contributed by atoms with Gasteiger partial charge in [-0.25, -0.2) is 9.18 Å². The topological polar surface area (TPSA) is 84.7 Å². The van der Waals surface area contributed by atoms with E-state index in [-0.39, 0.29) is 48.0 Å². The van der Waals surface area contributed by atoms with Gasteiger partial charge in [-0.3, -0.25) is 19.2 Å². The Hall–Kier alpha value is -3.58. The van der Waals surface area contributed by atoms with E-state index in [4.69, 9.17) is 16.3 Å². The Labute approximate surface area is 259 Å². The molecule has 3 aromatic rings. The minimum absolute atomic E-state index is 0.00537. The van der Waals surface area contributed by atoms with Gasteiger partial charge in [0.2, 0.25) is 0 Å². The summed E-state index contributed by atoms with van der Waals surface area (Å²) in [4.78, 5) is 40.6. The van der Waals surface area contributed by atoms with E-state index in [1.165, 1.54) is 34.0 Å². The lowest BCUT2D eigenvalue weighted by Gasteiger charge is -2.38. The number of amides is 3. The molecule has 2 saturated heterocycles. The zero-order valence-corrected chi connectivity index (χ0v) is 25.7. The van der Waals surface area contributed by atoms with Gasteiger partial charge in [0.05, 0.1) is 35.3 Å². The average molecular weight is 653 g/mol. The number of ether oxygens (including phenoxy) is 1. The number of nitrogens with zero attached hydrogens (tertiary/aromatic N) is 4. The van der Waals surface area contributed by atoms with E-state index in [1.807, 2.05) is 0 Å². The molecular weight excluding hydrogens is 624 g/mol. The molecule has 3 amide bonds. The second kappa shape index (κ2) is 11.7. The quantitative estimate of drug-likeness (QED) is 0.209. The Bertz CT molecular complexity index is 1660. The number of hydrogen-bond donors (Lipinski definition) is 0. The highest BCUT2D eigenvalue weighted by Gasteiger charge is 2.44. The molecule has 0 aliphatic carbocycles. The van der Waals surface area contributed by atoms with E-state index < -0.39 is 46.8 Å². The number of fused-ring (bicyclic) bond motifs is 1. The smallest absolute Gasteiger partial charge is 0.416 e. The lowest BCUT2D eigenvalue weighted by molar-refractivity contribution is -0.138. The van der Waals surface area contributed by atoms with Gasteiger partial charge in [-0.2, -0.15) is 18.3 Å². The van der Waals surface area contributed by atoms with Gasteiger partial charge in [0.25, 0.3) is 11.1 Å². The Balaban J connectivity index is 1.27. The number of likely N-dealkylation sites (tertiary alicyclic amines) is 1. The summed E-state index contributed by atoms with van der Waals surface area (Å²) in [5.41, 5.74) is -2.24. The van der Waals surface area contributed by atoms with E-state index in [9.17, 15) is 27.6 Å². The number of piperidine rings is 1. The highest BCUT2D eigenvalue weighted by Crippen LogP contribution is 2.37. The molecule has 3 heterocycles. The van der Waals surface area contributed by atoms with Gasteiger partial charge in [0, 0.05) is 36.3 Å². The first-order valence-corrected chi connectivity index (χ1v) is 14.9. The summed E-state index contributed by atoms with van der Waals surface area (Å²) in [5, 5.41) is 4.24. The molecule has 0 atom stereocenters. The normalized spacial score (nSPS) is 18.5. The molecule has 5 rings (SSSR count). The van der Waals surface area contributed by atoms with E-state index in [1.54, 1.807) is 39.0 Å². The van der Waals surface area contributed by atoms with Crippen LogP contribution in [0.25, 0.3) is 17.0 Å². The van der Waals surface area contributed by atoms with Gasteiger partial charge in [0.1, 0.15) is 11.3 Å². The van der Waals surface area contributed by atoms with Crippen molar-refractivity contribution in [3.63, 3.8) is 0 Å². The van der Waals surface area contributed by atoms with Crippen molar-refractivity contribution in [2.24, 2.45) is 0 Å². The van der Waals surface area contributed by atoms with Crippen LogP contribution >= 0.6 is 23.4 Å². The SMILES string of the molecule is CC(C)(C)OC(=O)N1CCC(F)(CN2C(=O)S/C(=C\c3ccc4c(cnn4Cc4ccc(Cl)cc4C(F)(F)F)c3)C2=O)CC1. The molecule has 0 radical (unpaired) electrons. The summed E-state index contributed by atoms with van der Waals surface area (Å²) >= 11 is 6.49. The molecule has 0 saturated carbocycles. The van der Waals surface area contributed by atoms with Gasteiger partial charge >= 0.3 is 12.3 Å². The highest BCUT2D eigenvalue weighted by atomic mass is 35.5. The van der Waals surface area contributed by atoms with Crippen LogP contribution in [0.2, 0.25) is 5.02 Å². The van der Waals surface area contributed by atoms with E-state index in [0.29, 0.717) is 28.2 Å². The standard InChI is InChI=1S/C30H29ClF4N4O4S/c1-28(2,3)43-26(41)37-10-8-29(32,9-11-37)17-38-25(40)24(44-27(38)42)13-18-4-7-23-20(12-18)15-36-39(23)16-19-5-6-21(31)14-22(19)30(33,34)35/h4-7,12-15H,8-11,16-17H2,1-3H3/b24-13-. The maximum Gasteiger partial charge on any atom is 0.416 e. The number of hydrogen-bond acceptors (Lipinski definition) is 6. The highest BCUT2D eigenvalue weighted by molar-refractivity contribution is 8.18. The van der Waals surface area contributed by atoms with E-state index >= 15 is 4.39 Å². The second-order valence-electron chi connectivity index (χ2n) is 11.8. The molecular formula is C30H29ClF4N4O4S. The van der Waals surface area contributed by atoms with Gasteiger partial charge in [0.15, 0.2) is 0 Å². The van der Waals surface area contributed by atoms with Crippen LogP contribution in [0.1, 0.15) is 50.3 Å². The minimum atomic E-state index is -4.58. The minimum Gasteiger partial charge on any atom is -0.444 e. The lowest BCUT2D eigenvalue weighted by atomic mass is 9.93. The summed E-state index contributed by atoms with van der Waals surface area (Å²) in [6.45, 7) is 4.85. The first-order chi connectivity index (χ1) is 20.5. The van der Waals surface area contributed by atoms with Crippen LogP contribution < -0.4 is 0 Å². The Morgan fingerprint density at radius 1 is 1.11 bits per heavy atom. The summed E-state index contributed by atoms with van der Waals surface area (Å²) in [5.74, 6) is -0.621. The van der Waals surface area contributed by atoms with Gasteiger partial charge in [-0.15, -0.1) is 0 Å². The molecule has 2 aromatic carbocycles. The predicted octanol–water partition coefficient (Wildman–Crippen LogP) is 7.53. The monoisotopic (exact) mass is 652 g/mol. The summed E-state index contributed by atoms with van der Waals surface area (Å²) < 4.78 is 63.2. The molecule has 2 fully saturated rings. The largest absolute Gasteiger partial charge is 0.444 e. The zero-order valence-electron chi connectivity index (χ0n) is 24.1. The molecule has 0 bridgehead atoms. The number of carbonyl (C=O) groups is 3. The first kappa shape index (κ1) is 31.8. The Kier molecular flexibility index (Phi) is 8.49. The molecule has 0 N–H and O–H groups in total. The third-order valence-corrected chi connectivity index (χ3v) is 8.43. The summed E-state index contributed by atoms with van der Waals surface area (Å²) in [7, 11) is 0. The van der Waals surface area contributed by atoms with Crippen LogP contribution in [0.4, 0.5) is 27.2 Å². The number of aromatic nitrogens is 2. The molecule has 14 heteroatoms. The van der Waals surface area contributed by atoms with Crippen LogP contribution in [0.3, 0.4) is 0 Å². The van der Waals surface area contributed by atoms with Crippen molar-refractivity contribution in [1.82, 2.24) is 19.6 Å². The Morgan fingerprint density at radius 3 is 2.48 bits per heavy atom.